The second-order valence-corrected chi connectivity index (χ2v) is 8.26. The Morgan fingerprint density at radius 2 is 1.86 bits per heavy atom. The zero-order valence-corrected chi connectivity index (χ0v) is 17.2. The maximum Gasteiger partial charge on any atom is 0.129 e. The fraction of sp³-hybridized carbons (Fsp3) is 0.500. The van der Waals surface area contributed by atoms with Gasteiger partial charge >= 0.3 is 0 Å². The van der Waals surface area contributed by atoms with Crippen LogP contribution in [0.25, 0.3) is 0 Å². The summed E-state index contributed by atoms with van der Waals surface area (Å²) in [6.45, 7) is 4.01. The highest BCUT2D eigenvalue weighted by molar-refractivity contribution is 5.37. The van der Waals surface area contributed by atoms with Crippen molar-refractivity contribution in [3.63, 3.8) is 0 Å². The molecule has 4 rings (SSSR count). The van der Waals surface area contributed by atoms with Crippen LogP contribution in [-0.2, 0) is 23.5 Å². The second-order valence-electron chi connectivity index (χ2n) is 8.26. The van der Waals surface area contributed by atoms with Crippen LogP contribution < -0.4 is 4.74 Å². The van der Waals surface area contributed by atoms with Gasteiger partial charge in [-0.2, -0.15) is 0 Å². The number of halogens is 1. The molecule has 2 aromatic rings. The molecule has 0 saturated carbocycles. The summed E-state index contributed by atoms with van der Waals surface area (Å²) in [6, 6.07) is 13.4. The number of ether oxygens (including phenoxy) is 2. The molecule has 1 N–H and O–H groups in total. The largest absolute Gasteiger partial charge is 0.496 e. The number of rotatable bonds is 7. The summed E-state index contributed by atoms with van der Waals surface area (Å²) in [6.07, 6.45) is 3.24. The first kappa shape index (κ1) is 20.3. The Bertz CT molecular complexity index is 842. The SMILES string of the molecule is CCOCc1cc(CN2[C@H]3CC[C@H]2CC(O)(c2ccccc2F)C3)ccc1OC. The minimum Gasteiger partial charge on any atom is -0.496 e. The van der Waals surface area contributed by atoms with Crippen LogP contribution >= 0.6 is 0 Å². The number of hydrogen-bond donors (Lipinski definition) is 1. The third kappa shape index (κ3) is 4.04. The lowest BCUT2D eigenvalue weighted by Crippen LogP contribution is -2.49. The molecule has 29 heavy (non-hydrogen) atoms. The number of nitrogens with zero attached hydrogens (tertiary/aromatic N) is 1. The normalized spacial score (nSPS) is 26.6. The minimum absolute atomic E-state index is 0.260. The Morgan fingerprint density at radius 1 is 1.14 bits per heavy atom. The van der Waals surface area contributed by atoms with Crippen LogP contribution in [0, 0.1) is 5.82 Å². The van der Waals surface area contributed by atoms with Crippen molar-refractivity contribution in [3.05, 3.63) is 65.0 Å². The summed E-state index contributed by atoms with van der Waals surface area (Å²) < 4.78 is 25.4. The molecule has 0 radical (unpaired) electrons. The Labute approximate surface area is 172 Å². The fourth-order valence-corrected chi connectivity index (χ4v) is 5.10. The van der Waals surface area contributed by atoms with Crippen molar-refractivity contribution in [2.24, 2.45) is 0 Å². The van der Waals surface area contributed by atoms with Crippen LogP contribution in [0.3, 0.4) is 0 Å². The highest BCUT2D eigenvalue weighted by Crippen LogP contribution is 2.46. The molecular formula is C24H30FNO3. The molecule has 2 aliphatic rings. The predicted molar refractivity (Wildman–Crippen MR) is 110 cm³/mol. The number of methoxy groups -OCH3 is 1. The quantitative estimate of drug-likeness (QED) is 0.750. The average molecular weight is 400 g/mol. The Balaban J connectivity index is 1.52. The van der Waals surface area contributed by atoms with Gasteiger partial charge in [-0.3, -0.25) is 4.90 Å². The molecule has 5 heteroatoms. The maximum absolute atomic E-state index is 14.4. The molecule has 2 saturated heterocycles. The van der Waals surface area contributed by atoms with Crippen molar-refractivity contribution in [1.82, 2.24) is 4.90 Å². The second kappa shape index (κ2) is 8.42. The summed E-state index contributed by atoms with van der Waals surface area (Å²) >= 11 is 0. The van der Waals surface area contributed by atoms with Crippen LogP contribution in [0.1, 0.15) is 49.3 Å². The highest BCUT2D eigenvalue weighted by atomic mass is 19.1. The molecule has 0 amide bonds. The first-order chi connectivity index (χ1) is 14.0. The molecule has 2 fully saturated rings. The van der Waals surface area contributed by atoms with Gasteiger partial charge in [-0.25, -0.2) is 4.39 Å². The first-order valence-corrected chi connectivity index (χ1v) is 10.5. The van der Waals surface area contributed by atoms with Crippen LogP contribution in [0.5, 0.6) is 5.75 Å². The Hall–Kier alpha value is -1.95. The van der Waals surface area contributed by atoms with Gasteiger partial charge in [-0.1, -0.05) is 24.3 Å². The molecule has 0 unspecified atom stereocenters. The van der Waals surface area contributed by atoms with E-state index >= 15 is 0 Å². The topological polar surface area (TPSA) is 41.9 Å². The van der Waals surface area contributed by atoms with Crippen molar-refractivity contribution < 1.29 is 19.0 Å². The highest BCUT2D eigenvalue weighted by Gasteiger charge is 2.48. The molecule has 2 aliphatic heterocycles. The zero-order valence-electron chi connectivity index (χ0n) is 17.2. The molecule has 4 nitrogen and oxygen atoms in total. The van der Waals surface area contributed by atoms with Gasteiger partial charge in [0, 0.05) is 36.4 Å². The van der Waals surface area contributed by atoms with Crippen LogP contribution in [0.2, 0.25) is 0 Å². The first-order valence-electron chi connectivity index (χ1n) is 10.5. The van der Waals surface area contributed by atoms with E-state index in [9.17, 15) is 9.50 Å². The van der Waals surface area contributed by atoms with Crippen molar-refractivity contribution in [2.75, 3.05) is 13.7 Å². The average Bonchev–Trinajstić information content (AvgIpc) is 2.96. The summed E-state index contributed by atoms with van der Waals surface area (Å²) in [5.74, 6) is 0.538. The van der Waals surface area contributed by atoms with Crippen molar-refractivity contribution >= 4 is 0 Å². The lowest BCUT2D eigenvalue weighted by molar-refractivity contribution is -0.0615. The zero-order chi connectivity index (χ0) is 20.4. The van der Waals surface area contributed by atoms with E-state index < -0.39 is 5.60 Å². The molecule has 0 aromatic heterocycles. The monoisotopic (exact) mass is 399 g/mol. The molecule has 156 valence electrons. The third-order valence-electron chi connectivity index (χ3n) is 6.46. The molecule has 0 spiro atoms. The molecule has 2 heterocycles. The van der Waals surface area contributed by atoms with Crippen LogP contribution in [0.4, 0.5) is 4.39 Å². The van der Waals surface area contributed by atoms with E-state index in [1.807, 2.05) is 19.1 Å². The summed E-state index contributed by atoms with van der Waals surface area (Å²) in [7, 11) is 1.68. The van der Waals surface area contributed by atoms with E-state index in [0.717, 1.165) is 30.7 Å². The van der Waals surface area contributed by atoms with E-state index in [1.54, 1.807) is 19.2 Å². The van der Waals surface area contributed by atoms with E-state index in [4.69, 9.17) is 9.47 Å². The molecule has 2 atom stereocenters. The van der Waals surface area contributed by atoms with Crippen LogP contribution in [-0.4, -0.2) is 35.8 Å². The van der Waals surface area contributed by atoms with Gasteiger partial charge in [0.25, 0.3) is 0 Å². The maximum atomic E-state index is 14.4. The van der Waals surface area contributed by atoms with Gasteiger partial charge in [0.1, 0.15) is 11.6 Å². The van der Waals surface area contributed by atoms with Crippen molar-refractivity contribution in [3.8, 4) is 5.75 Å². The van der Waals surface area contributed by atoms with Gasteiger partial charge in [0.2, 0.25) is 0 Å². The van der Waals surface area contributed by atoms with E-state index in [1.165, 1.54) is 11.6 Å². The van der Waals surface area contributed by atoms with Gasteiger partial charge in [0.05, 0.1) is 19.3 Å². The van der Waals surface area contributed by atoms with Crippen molar-refractivity contribution in [2.45, 2.75) is 63.4 Å². The number of hydrogen-bond acceptors (Lipinski definition) is 4. The lowest BCUT2D eigenvalue weighted by Gasteiger charge is -2.44. The molecule has 2 bridgehead atoms. The Kier molecular flexibility index (Phi) is 5.91. The summed E-state index contributed by atoms with van der Waals surface area (Å²) in [5, 5.41) is 11.3. The fourth-order valence-electron chi connectivity index (χ4n) is 5.10. The van der Waals surface area contributed by atoms with E-state index in [2.05, 4.69) is 17.0 Å². The van der Waals surface area contributed by atoms with Crippen molar-refractivity contribution in [1.29, 1.82) is 0 Å². The molecule has 0 aliphatic carbocycles. The Morgan fingerprint density at radius 3 is 2.52 bits per heavy atom. The molecular weight excluding hydrogens is 369 g/mol. The van der Waals surface area contributed by atoms with E-state index in [-0.39, 0.29) is 17.9 Å². The van der Waals surface area contributed by atoms with Gasteiger partial charge in [-0.15, -0.1) is 0 Å². The van der Waals surface area contributed by atoms with Gasteiger partial charge < -0.3 is 14.6 Å². The number of piperidine rings is 1. The summed E-state index contributed by atoms with van der Waals surface area (Å²) in [4.78, 5) is 2.49. The predicted octanol–water partition coefficient (Wildman–Crippen LogP) is 4.39. The third-order valence-corrected chi connectivity index (χ3v) is 6.46. The summed E-state index contributed by atoms with van der Waals surface area (Å²) in [5.41, 5.74) is 1.64. The van der Waals surface area contributed by atoms with Crippen LogP contribution in [0.15, 0.2) is 42.5 Å². The minimum atomic E-state index is -1.08. The standard InChI is InChI=1S/C24H30FNO3/c1-3-29-16-18-12-17(8-11-23(18)28-2)15-26-19-9-10-20(26)14-24(27,13-19)21-6-4-5-7-22(21)25/h4-8,11-12,19-20,27H,3,9-10,13-16H2,1-2H3/t19-,20-/m0/s1. The van der Waals surface area contributed by atoms with E-state index in [0.29, 0.717) is 31.6 Å². The lowest BCUT2D eigenvalue weighted by atomic mass is 9.80. The van der Waals surface area contributed by atoms with Gasteiger partial charge in [0.15, 0.2) is 0 Å². The van der Waals surface area contributed by atoms with Gasteiger partial charge in [-0.05, 0) is 56.4 Å². The smallest absolute Gasteiger partial charge is 0.129 e. The number of fused-ring (bicyclic) bond motifs is 2. The molecule has 2 aromatic carbocycles. The number of aliphatic hydroxyl groups is 1. The number of benzene rings is 2.